The molecule has 0 aliphatic carbocycles. The van der Waals surface area contributed by atoms with E-state index in [1.807, 2.05) is 36.4 Å². The van der Waals surface area contributed by atoms with E-state index in [1.165, 1.54) is 5.56 Å². The van der Waals surface area contributed by atoms with Crippen LogP contribution in [0.15, 0.2) is 72.8 Å². The molecule has 1 atom stereocenters. The van der Waals surface area contributed by atoms with Gasteiger partial charge in [-0.3, -0.25) is 0 Å². The second-order valence-corrected chi connectivity index (χ2v) is 7.12. The lowest BCUT2D eigenvalue weighted by molar-refractivity contribution is 0.171. The minimum Gasteiger partial charge on any atom is -0.486 e. The van der Waals surface area contributed by atoms with Gasteiger partial charge in [-0.15, -0.1) is 0 Å². The molecule has 0 bridgehead atoms. The van der Waals surface area contributed by atoms with E-state index >= 15 is 0 Å². The van der Waals surface area contributed by atoms with Crippen molar-refractivity contribution in [1.82, 2.24) is 5.32 Å². The Morgan fingerprint density at radius 1 is 0.857 bits per heavy atom. The number of ether oxygens (including phenoxy) is 2. The van der Waals surface area contributed by atoms with Crippen LogP contribution in [0.4, 0.5) is 5.69 Å². The molecular formula is C23H22N2O2S. The summed E-state index contributed by atoms with van der Waals surface area (Å²) in [7, 11) is 0. The van der Waals surface area contributed by atoms with Gasteiger partial charge in [0, 0.05) is 11.8 Å². The maximum atomic E-state index is 5.65. The fourth-order valence-corrected chi connectivity index (χ4v) is 3.42. The summed E-state index contributed by atoms with van der Waals surface area (Å²) in [5, 5.41) is 7.25. The molecule has 0 fully saturated rings. The number of aryl methyl sites for hydroxylation is 1. The zero-order valence-electron chi connectivity index (χ0n) is 15.6. The quantitative estimate of drug-likeness (QED) is 0.624. The lowest BCUT2D eigenvalue weighted by Crippen LogP contribution is -2.33. The Balaban J connectivity index is 1.53. The van der Waals surface area contributed by atoms with Crippen LogP contribution in [-0.2, 0) is 0 Å². The minimum absolute atomic E-state index is 0.0426. The zero-order valence-corrected chi connectivity index (χ0v) is 16.5. The van der Waals surface area contributed by atoms with Gasteiger partial charge in [-0.2, -0.15) is 0 Å². The first-order valence-corrected chi connectivity index (χ1v) is 9.68. The summed E-state index contributed by atoms with van der Waals surface area (Å²) in [5.74, 6) is 1.50. The van der Waals surface area contributed by atoms with Crippen LogP contribution in [0.1, 0.15) is 22.7 Å². The molecule has 142 valence electrons. The molecule has 0 saturated heterocycles. The fraction of sp³-hybridized carbons (Fsp3) is 0.174. The molecule has 1 aliphatic rings. The summed E-state index contributed by atoms with van der Waals surface area (Å²) in [6.45, 7) is 3.22. The molecule has 3 aromatic carbocycles. The lowest BCUT2D eigenvalue weighted by atomic mass is 9.98. The van der Waals surface area contributed by atoms with E-state index in [9.17, 15) is 0 Å². The van der Waals surface area contributed by atoms with E-state index in [1.54, 1.807) is 0 Å². The van der Waals surface area contributed by atoms with Crippen LogP contribution in [0.3, 0.4) is 0 Å². The van der Waals surface area contributed by atoms with E-state index in [4.69, 9.17) is 21.7 Å². The van der Waals surface area contributed by atoms with Gasteiger partial charge in [-0.05, 0) is 42.4 Å². The van der Waals surface area contributed by atoms with Crippen molar-refractivity contribution in [3.8, 4) is 11.5 Å². The Kier molecular flexibility index (Phi) is 5.44. The third-order valence-corrected chi connectivity index (χ3v) is 4.84. The second-order valence-electron chi connectivity index (χ2n) is 6.71. The van der Waals surface area contributed by atoms with Crippen LogP contribution in [0.2, 0.25) is 0 Å². The van der Waals surface area contributed by atoms with Crippen molar-refractivity contribution in [3.05, 3.63) is 89.5 Å². The number of fused-ring (bicyclic) bond motifs is 1. The maximum absolute atomic E-state index is 5.65. The first-order valence-electron chi connectivity index (χ1n) is 9.28. The first-order chi connectivity index (χ1) is 13.7. The Morgan fingerprint density at radius 3 is 2.29 bits per heavy atom. The summed E-state index contributed by atoms with van der Waals surface area (Å²) in [5.41, 5.74) is 4.39. The third-order valence-electron chi connectivity index (χ3n) is 4.62. The molecule has 1 unspecified atom stereocenters. The Bertz CT molecular complexity index is 958. The standard InChI is InChI=1S/C23H22N2O2S/c1-16-7-9-18(10-8-16)22(17-5-3-2-4-6-17)25-23(28)24-19-11-12-20-21(15-19)27-14-13-26-20/h2-12,15,22H,13-14H2,1H3,(H2,24,25,28). The van der Waals surface area contributed by atoms with Crippen molar-refractivity contribution in [2.45, 2.75) is 13.0 Å². The highest BCUT2D eigenvalue weighted by molar-refractivity contribution is 7.80. The summed E-state index contributed by atoms with van der Waals surface area (Å²) in [6, 6.07) is 24.5. The summed E-state index contributed by atoms with van der Waals surface area (Å²) < 4.78 is 11.2. The van der Waals surface area contributed by atoms with E-state index in [-0.39, 0.29) is 6.04 Å². The van der Waals surface area contributed by atoms with Crippen LogP contribution in [0.25, 0.3) is 0 Å². The number of nitrogens with one attached hydrogen (secondary N) is 2. The molecule has 0 aromatic heterocycles. The molecule has 0 spiro atoms. The smallest absolute Gasteiger partial charge is 0.171 e. The van der Waals surface area contributed by atoms with Crippen molar-refractivity contribution < 1.29 is 9.47 Å². The molecule has 5 heteroatoms. The molecule has 1 aliphatic heterocycles. The SMILES string of the molecule is Cc1ccc(C(NC(=S)Nc2ccc3c(c2)OCCO3)c2ccccc2)cc1. The first kappa shape index (κ1) is 18.3. The highest BCUT2D eigenvalue weighted by Crippen LogP contribution is 2.32. The summed E-state index contributed by atoms with van der Waals surface area (Å²) in [6.07, 6.45) is 0. The van der Waals surface area contributed by atoms with Crippen LogP contribution < -0.4 is 20.1 Å². The van der Waals surface area contributed by atoms with Gasteiger partial charge in [0.2, 0.25) is 0 Å². The van der Waals surface area contributed by atoms with Gasteiger partial charge < -0.3 is 20.1 Å². The molecule has 0 saturated carbocycles. The summed E-state index contributed by atoms with van der Waals surface area (Å²) >= 11 is 5.60. The second kappa shape index (κ2) is 8.31. The van der Waals surface area contributed by atoms with Gasteiger partial charge in [0.1, 0.15) is 13.2 Å². The number of rotatable bonds is 4. The molecule has 1 heterocycles. The highest BCUT2D eigenvalue weighted by Gasteiger charge is 2.16. The monoisotopic (exact) mass is 390 g/mol. The van der Waals surface area contributed by atoms with Gasteiger partial charge in [0.05, 0.1) is 6.04 Å². The largest absolute Gasteiger partial charge is 0.486 e. The van der Waals surface area contributed by atoms with Crippen LogP contribution in [0, 0.1) is 6.92 Å². The number of hydrogen-bond acceptors (Lipinski definition) is 3. The molecule has 4 rings (SSSR count). The molecule has 0 amide bonds. The Labute approximate surface area is 170 Å². The van der Waals surface area contributed by atoms with E-state index in [0.717, 1.165) is 28.3 Å². The normalized spacial score (nSPS) is 13.5. The molecule has 4 nitrogen and oxygen atoms in total. The van der Waals surface area contributed by atoms with Crippen LogP contribution in [-0.4, -0.2) is 18.3 Å². The van der Waals surface area contributed by atoms with E-state index in [2.05, 4.69) is 54.0 Å². The van der Waals surface area contributed by atoms with Gasteiger partial charge in [0.25, 0.3) is 0 Å². The third kappa shape index (κ3) is 4.26. The topological polar surface area (TPSA) is 42.5 Å². The fourth-order valence-electron chi connectivity index (χ4n) is 3.18. The van der Waals surface area contributed by atoms with Gasteiger partial charge in [-0.1, -0.05) is 60.2 Å². The summed E-state index contributed by atoms with van der Waals surface area (Å²) in [4.78, 5) is 0. The number of hydrogen-bond donors (Lipinski definition) is 2. The van der Waals surface area contributed by atoms with E-state index < -0.39 is 0 Å². The van der Waals surface area contributed by atoms with Crippen molar-refractivity contribution in [3.63, 3.8) is 0 Å². The number of benzene rings is 3. The molecule has 2 N–H and O–H groups in total. The molecule has 28 heavy (non-hydrogen) atoms. The van der Waals surface area contributed by atoms with Gasteiger partial charge >= 0.3 is 0 Å². The van der Waals surface area contributed by atoms with Gasteiger partial charge in [-0.25, -0.2) is 0 Å². The Morgan fingerprint density at radius 2 is 1.54 bits per heavy atom. The van der Waals surface area contributed by atoms with Gasteiger partial charge in [0.15, 0.2) is 16.6 Å². The van der Waals surface area contributed by atoms with Crippen molar-refractivity contribution in [2.75, 3.05) is 18.5 Å². The van der Waals surface area contributed by atoms with Crippen molar-refractivity contribution in [2.24, 2.45) is 0 Å². The Hall–Kier alpha value is -3.05. The maximum Gasteiger partial charge on any atom is 0.171 e. The lowest BCUT2D eigenvalue weighted by Gasteiger charge is -2.23. The number of thiocarbonyl (C=S) groups is 1. The molecule has 3 aromatic rings. The molecule has 0 radical (unpaired) electrons. The molecular weight excluding hydrogens is 368 g/mol. The van der Waals surface area contributed by atoms with Crippen molar-refractivity contribution in [1.29, 1.82) is 0 Å². The zero-order chi connectivity index (χ0) is 19.3. The number of anilines is 1. The average molecular weight is 391 g/mol. The predicted octanol–water partition coefficient (Wildman–Crippen LogP) is 4.84. The predicted molar refractivity (Wildman–Crippen MR) is 116 cm³/mol. The average Bonchev–Trinajstić information content (AvgIpc) is 2.73. The highest BCUT2D eigenvalue weighted by atomic mass is 32.1. The van der Waals surface area contributed by atoms with E-state index in [0.29, 0.717) is 18.3 Å². The minimum atomic E-state index is -0.0426. The van der Waals surface area contributed by atoms with Crippen LogP contribution >= 0.6 is 12.2 Å². The van der Waals surface area contributed by atoms with Crippen LogP contribution in [0.5, 0.6) is 11.5 Å². The van der Waals surface area contributed by atoms with Crippen molar-refractivity contribution >= 4 is 23.0 Å².